The van der Waals surface area contributed by atoms with Crippen LogP contribution in [0, 0.1) is 17.3 Å². The van der Waals surface area contributed by atoms with Gasteiger partial charge in [0.05, 0.1) is 0 Å². The second-order valence-corrected chi connectivity index (χ2v) is 5.97. The Kier molecular flexibility index (Phi) is 4.36. The fourth-order valence-electron chi connectivity index (χ4n) is 2.78. The van der Waals surface area contributed by atoms with Gasteiger partial charge in [0.15, 0.2) is 6.10 Å². The highest BCUT2D eigenvalue weighted by Gasteiger charge is 2.35. The van der Waals surface area contributed by atoms with E-state index in [1.165, 1.54) is 7.11 Å². The topological polar surface area (TPSA) is 46.5 Å². The van der Waals surface area contributed by atoms with E-state index in [1.54, 1.807) is 0 Å². The van der Waals surface area contributed by atoms with Crippen molar-refractivity contribution in [2.24, 2.45) is 17.3 Å². The van der Waals surface area contributed by atoms with Crippen LogP contribution in [0.15, 0.2) is 0 Å². The number of carbonyl (C=O) groups is 1. The van der Waals surface area contributed by atoms with Gasteiger partial charge in [-0.15, -0.1) is 0 Å². The SMILES string of the molecule is COC(C(=O)O)C1CCC(C(C)(C)C)CC1. The van der Waals surface area contributed by atoms with Crippen molar-refractivity contribution in [3.05, 3.63) is 0 Å². The zero-order valence-corrected chi connectivity index (χ0v) is 10.8. The van der Waals surface area contributed by atoms with Crippen molar-refractivity contribution >= 4 is 5.97 Å². The first-order valence-electron chi connectivity index (χ1n) is 6.12. The first-order valence-corrected chi connectivity index (χ1v) is 6.12. The van der Waals surface area contributed by atoms with Gasteiger partial charge < -0.3 is 9.84 Å². The van der Waals surface area contributed by atoms with E-state index in [0.717, 1.165) is 31.6 Å². The van der Waals surface area contributed by atoms with Crippen LogP contribution >= 0.6 is 0 Å². The molecular weight excluding hydrogens is 204 g/mol. The van der Waals surface area contributed by atoms with Gasteiger partial charge in [0, 0.05) is 7.11 Å². The van der Waals surface area contributed by atoms with Crippen LogP contribution < -0.4 is 0 Å². The fraction of sp³-hybridized carbons (Fsp3) is 0.923. The summed E-state index contributed by atoms with van der Waals surface area (Å²) < 4.78 is 5.07. The van der Waals surface area contributed by atoms with E-state index >= 15 is 0 Å². The maximum Gasteiger partial charge on any atom is 0.333 e. The summed E-state index contributed by atoms with van der Waals surface area (Å²) in [4.78, 5) is 11.0. The molecule has 94 valence electrons. The number of ether oxygens (including phenoxy) is 1. The third kappa shape index (κ3) is 3.21. The molecule has 0 heterocycles. The van der Waals surface area contributed by atoms with Crippen LogP contribution in [0.5, 0.6) is 0 Å². The molecular formula is C13H24O3. The summed E-state index contributed by atoms with van der Waals surface area (Å²) in [6.07, 6.45) is 3.60. The van der Waals surface area contributed by atoms with Crippen LogP contribution in [0.2, 0.25) is 0 Å². The van der Waals surface area contributed by atoms with Crippen LogP contribution in [0.25, 0.3) is 0 Å². The highest BCUT2D eigenvalue weighted by molar-refractivity contribution is 5.72. The number of carboxylic acids is 1. The van der Waals surface area contributed by atoms with E-state index in [4.69, 9.17) is 9.84 Å². The van der Waals surface area contributed by atoms with Crippen molar-refractivity contribution in [2.45, 2.75) is 52.6 Å². The molecule has 1 aliphatic rings. The molecule has 1 unspecified atom stereocenters. The fourth-order valence-corrected chi connectivity index (χ4v) is 2.78. The van der Waals surface area contributed by atoms with E-state index in [2.05, 4.69) is 20.8 Å². The van der Waals surface area contributed by atoms with Crippen molar-refractivity contribution < 1.29 is 14.6 Å². The van der Waals surface area contributed by atoms with Crippen LogP contribution in [-0.4, -0.2) is 24.3 Å². The van der Waals surface area contributed by atoms with Gasteiger partial charge in [-0.2, -0.15) is 0 Å². The quantitative estimate of drug-likeness (QED) is 0.807. The number of aliphatic carboxylic acids is 1. The maximum atomic E-state index is 11.0. The van der Waals surface area contributed by atoms with Gasteiger partial charge in [0.1, 0.15) is 0 Å². The molecule has 1 rings (SSSR count). The zero-order chi connectivity index (χ0) is 12.3. The molecule has 0 aliphatic heterocycles. The highest BCUT2D eigenvalue weighted by Crippen LogP contribution is 2.41. The molecule has 0 saturated heterocycles. The minimum absolute atomic E-state index is 0.195. The van der Waals surface area contributed by atoms with Crippen LogP contribution in [-0.2, 0) is 9.53 Å². The minimum Gasteiger partial charge on any atom is -0.479 e. The number of hydrogen-bond donors (Lipinski definition) is 1. The van der Waals surface area contributed by atoms with E-state index in [9.17, 15) is 4.79 Å². The van der Waals surface area contributed by atoms with Gasteiger partial charge in [0.25, 0.3) is 0 Å². The zero-order valence-electron chi connectivity index (χ0n) is 10.8. The van der Waals surface area contributed by atoms with Gasteiger partial charge in [-0.3, -0.25) is 0 Å². The van der Waals surface area contributed by atoms with E-state index in [1.807, 2.05) is 0 Å². The Labute approximate surface area is 98.2 Å². The molecule has 0 aromatic rings. The first kappa shape index (κ1) is 13.5. The Morgan fingerprint density at radius 2 is 1.75 bits per heavy atom. The molecule has 0 radical (unpaired) electrons. The largest absolute Gasteiger partial charge is 0.479 e. The Bertz CT molecular complexity index is 234. The summed E-state index contributed by atoms with van der Waals surface area (Å²) in [5.41, 5.74) is 0.344. The molecule has 0 amide bonds. The number of rotatable bonds is 3. The van der Waals surface area contributed by atoms with Gasteiger partial charge in [-0.1, -0.05) is 20.8 Å². The number of carboxylic acid groups (broad SMARTS) is 1. The molecule has 1 fully saturated rings. The van der Waals surface area contributed by atoms with Crippen molar-refractivity contribution in [1.29, 1.82) is 0 Å². The summed E-state index contributed by atoms with van der Waals surface area (Å²) in [5.74, 6) is 0.0952. The lowest BCUT2D eigenvalue weighted by molar-refractivity contribution is -0.153. The molecule has 0 aromatic heterocycles. The highest BCUT2D eigenvalue weighted by atomic mass is 16.5. The first-order chi connectivity index (χ1) is 7.36. The summed E-state index contributed by atoms with van der Waals surface area (Å²) >= 11 is 0. The number of methoxy groups -OCH3 is 1. The molecule has 1 atom stereocenters. The maximum absolute atomic E-state index is 11.0. The second-order valence-electron chi connectivity index (χ2n) is 5.97. The smallest absolute Gasteiger partial charge is 0.333 e. The van der Waals surface area contributed by atoms with Crippen molar-refractivity contribution in [2.75, 3.05) is 7.11 Å². The Balaban J connectivity index is 2.51. The lowest BCUT2D eigenvalue weighted by atomic mass is 9.69. The van der Waals surface area contributed by atoms with Crippen LogP contribution in [0.4, 0.5) is 0 Å². The van der Waals surface area contributed by atoms with E-state index in [-0.39, 0.29) is 5.92 Å². The van der Waals surface area contributed by atoms with Crippen LogP contribution in [0.3, 0.4) is 0 Å². The van der Waals surface area contributed by atoms with Crippen molar-refractivity contribution in [3.63, 3.8) is 0 Å². The lowest BCUT2D eigenvalue weighted by Crippen LogP contribution is -2.36. The van der Waals surface area contributed by atoms with Gasteiger partial charge >= 0.3 is 5.97 Å². The summed E-state index contributed by atoms with van der Waals surface area (Å²) in [5, 5.41) is 9.03. The standard InChI is InChI=1S/C13H24O3/c1-13(2,3)10-7-5-9(6-8-10)11(16-4)12(14)15/h9-11H,5-8H2,1-4H3,(H,14,15). The predicted octanol–water partition coefficient (Wildman–Crippen LogP) is 2.94. The Hall–Kier alpha value is -0.570. The Morgan fingerprint density at radius 1 is 1.25 bits per heavy atom. The second kappa shape index (κ2) is 5.17. The molecule has 16 heavy (non-hydrogen) atoms. The van der Waals surface area contributed by atoms with E-state index in [0.29, 0.717) is 5.41 Å². The molecule has 1 aliphatic carbocycles. The third-order valence-electron chi connectivity index (χ3n) is 3.92. The third-order valence-corrected chi connectivity index (χ3v) is 3.92. The van der Waals surface area contributed by atoms with Crippen molar-refractivity contribution in [1.82, 2.24) is 0 Å². The van der Waals surface area contributed by atoms with Gasteiger partial charge in [0.2, 0.25) is 0 Å². The van der Waals surface area contributed by atoms with Gasteiger partial charge in [-0.05, 0) is 42.9 Å². The molecule has 0 spiro atoms. The molecule has 0 bridgehead atoms. The molecule has 1 N–H and O–H groups in total. The summed E-state index contributed by atoms with van der Waals surface area (Å²) in [7, 11) is 1.49. The molecule has 1 saturated carbocycles. The van der Waals surface area contributed by atoms with E-state index < -0.39 is 12.1 Å². The summed E-state index contributed by atoms with van der Waals surface area (Å²) in [6, 6.07) is 0. The minimum atomic E-state index is -0.818. The molecule has 0 aromatic carbocycles. The molecule has 3 nitrogen and oxygen atoms in total. The average molecular weight is 228 g/mol. The molecule has 3 heteroatoms. The van der Waals surface area contributed by atoms with Crippen molar-refractivity contribution in [3.8, 4) is 0 Å². The normalized spacial score (nSPS) is 28.8. The number of hydrogen-bond acceptors (Lipinski definition) is 2. The monoisotopic (exact) mass is 228 g/mol. The summed E-state index contributed by atoms with van der Waals surface area (Å²) in [6.45, 7) is 6.80. The van der Waals surface area contributed by atoms with Gasteiger partial charge in [-0.25, -0.2) is 4.79 Å². The predicted molar refractivity (Wildman–Crippen MR) is 63.3 cm³/mol. The Morgan fingerprint density at radius 3 is 2.06 bits per heavy atom. The lowest BCUT2D eigenvalue weighted by Gasteiger charge is -2.38. The average Bonchev–Trinajstić information content (AvgIpc) is 2.17. The van der Waals surface area contributed by atoms with Crippen LogP contribution in [0.1, 0.15) is 46.5 Å².